The summed E-state index contributed by atoms with van der Waals surface area (Å²) in [5, 5.41) is 2.89. The summed E-state index contributed by atoms with van der Waals surface area (Å²) in [7, 11) is 0. The number of nitrogens with two attached hydrogens (primary N) is 1. The minimum atomic E-state index is -0.749. The van der Waals surface area contributed by atoms with E-state index in [0.717, 1.165) is 18.6 Å². The van der Waals surface area contributed by atoms with Crippen LogP contribution in [0.25, 0.3) is 0 Å². The zero-order valence-corrected chi connectivity index (χ0v) is 9.69. The van der Waals surface area contributed by atoms with E-state index in [1.165, 1.54) is 0 Å². The van der Waals surface area contributed by atoms with Crippen molar-refractivity contribution in [2.45, 2.75) is 38.3 Å². The van der Waals surface area contributed by atoms with Gasteiger partial charge in [-0.3, -0.25) is 4.79 Å². The number of furan rings is 1. The zero-order valence-electron chi connectivity index (χ0n) is 9.69. The van der Waals surface area contributed by atoms with E-state index < -0.39 is 5.54 Å². The largest absolute Gasteiger partial charge is 0.467 e. The number of carbonyl (C=O) groups excluding carboxylic acids is 1. The fraction of sp³-hybridized carbons (Fsp3) is 0.583. The minimum absolute atomic E-state index is 0.0982. The maximum Gasteiger partial charge on any atom is 0.240 e. The Morgan fingerprint density at radius 1 is 1.69 bits per heavy atom. The van der Waals surface area contributed by atoms with Crippen molar-refractivity contribution in [2.24, 2.45) is 11.7 Å². The molecule has 2 atom stereocenters. The molecule has 2 unspecified atom stereocenters. The van der Waals surface area contributed by atoms with Crippen molar-refractivity contribution in [1.29, 1.82) is 0 Å². The molecule has 1 aromatic heterocycles. The summed E-state index contributed by atoms with van der Waals surface area (Å²) < 4.78 is 5.23. The Bertz CT molecular complexity index is 366. The number of carbonyl (C=O) groups is 1. The summed E-state index contributed by atoms with van der Waals surface area (Å²) >= 11 is 0. The molecule has 1 aliphatic rings. The molecule has 3 N–H and O–H groups in total. The van der Waals surface area contributed by atoms with E-state index in [4.69, 9.17) is 10.2 Å². The van der Waals surface area contributed by atoms with E-state index >= 15 is 0 Å². The van der Waals surface area contributed by atoms with Gasteiger partial charge in [0.25, 0.3) is 0 Å². The van der Waals surface area contributed by atoms with Gasteiger partial charge in [-0.05, 0) is 44.7 Å². The first-order valence-corrected chi connectivity index (χ1v) is 5.65. The molecular weight excluding hydrogens is 204 g/mol. The molecule has 0 aromatic carbocycles. The molecule has 16 heavy (non-hydrogen) atoms. The van der Waals surface area contributed by atoms with Crippen LogP contribution in [0.3, 0.4) is 0 Å². The van der Waals surface area contributed by atoms with Crippen LogP contribution in [0.2, 0.25) is 0 Å². The normalized spacial score (nSPS) is 21.2. The molecule has 4 heteroatoms. The second-order valence-corrected chi connectivity index (χ2v) is 4.77. The van der Waals surface area contributed by atoms with Crippen LogP contribution in [-0.2, 0) is 4.79 Å². The van der Waals surface area contributed by atoms with Gasteiger partial charge in [-0.2, -0.15) is 0 Å². The second kappa shape index (κ2) is 3.94. The van der Waals surface area contributed by atoms with Gasteiger partial charge >= 0.3 is 0 Å². The molecule has 1 amide bonds. The summed E-state index contributed by atoms with van der Waals surface area (Å²) in [5.74, 6) is 0.982. The molecular formula is C12H18N2O2. The molecule has 1 aromatic rings. The molecule has 1 saturated carbocycles. The Balaban J connectivity index is 1.97. The van der Waals surface area contributed by atoms with E-state index in [9.17, 15) is 4.79 Å². The first kappa shape index (κ1) is 11.2. The van der Waals surface area contributed by atoms with Gasteiger partial charge in [0.1, 0.15) is 5.76 Å². The van der Waals surface area contributed by atoms with Crippen LogP contribution in [0.5, 0.6) is 0 Å². The van der Waals surface area contributed by atoms with Crippen LogP contribution in [0.1, 0.15) is 38.5 Å². The lowest BCUT2D eigenvalue weighted by Gasteiger charge is -2.25. The predicted molar refractivity (Wildman–Crippen MR) is 60.6 cm³/mol. The third kappa shape index (κ3) is 2.11. The molecule has 0 bridgehead atoms. The smallest absolute Gasteiger partial charge is 0.240 e. The van der Waals surface area contributed by atoms with Crippen molar-refractivity contribution in [1.82, 2.24) is 5.32 Å². The monoisotopic (exact) mass is 222 g/mol. The highest BCUT2D eigenvalue weighted by Crippen LogP contribution is 2.38. The quantitative estimate of drug-likeness (QED) is 0.812. The summed E-state index contributed by atoms with van der Waals surface area (Å²) in [5.41, 5.74) is 5.28. The molecule has 1 fully saturated rings. The number of amides is 1. The molecule has 2 rings (SSSR count). The highest BCUT2D eigenvalue weighted by atomic mass is 16.3. The number of hydrogen-bond donors (Lipinski definition) is 2. The van der Waals surface area contributed by atoms with E-state index in [-0.39, 0.29) is 11.9 Å². The third-order valence-corrected chi connectivity index (χ3v) is 3.23. The Morgan fingerprint density at radius 2 is 2.38 bits per heavy atom. The van der Waals surface area contributed by atoms with E-state index in [2.05, 4.69) is 5.32 Å². The summed E-state index contributed by atoms with van der Waals surface area (Å²) in [6.45, 7) is 3.69. The van der Waals surface area contributed by atoms with Gasteiger partial charge in [-0.1, -0.05) is 0 Å². The SMILES string of the molecule is CC(NC(=O)C(C)(N)C1CC1)c1ccco1. The Morgan fingerprint density at radius 3 is 2.88 bits per heavy atom. The standard InChI is InChI=1S/C12H18N2O2/c1-8(10-4-3-7-16-10)14-11(15)12(2,13)9-5-6-9/h3-4,7-9H,5-6,13H2,1-2H3,(H,14,15). The van der Waals surface area contributed by atoms with E-state index in [1.54, 1.807) is 19.3 Å². The van der Waals surface area contributed by atoms with Crippen molar-refractivity contribution < 1.29 is 9.21 Å². The van der Waals surface area contributed by atoms with E-state index in [0.29, 0.717) is 5.92 Å². The van der Waals surface area contributed by atoms with Gasteiger partial charge in [0.05, 0.1) is 17.8 Å². The number of hydrogen-bond acceptors (Lipinski definition) is 3. The molecule has 1 aliphatic carbocycles. The zero-order chi connectivity index (χ0) is 11.8. The molecule has 0 saturated heterocycles. The Kier molecular flexibility index (Phi) is 2.76. The highest BCUT2D eigenvalue weighted by molar-refractivity contribution is 5.86. The lowest BCUT2D eigenvalue weighted by atomic mass is 9.96. The molecule has 1 heterocycles. The van der Waals surface area contributed by atoms with Gasteiger partial charge in [0, 0.05) is 0 Å². The van der Waals surface area contributed by atoms with Crippen LogP contribution in [0.4, 0.5) is 0 Å². The van der Waals surface area contributed by atoms with Crippen LogP contribution in [0, 0.1) is 5.92 Å². The van der Waals surface area contributed by atoms with Crippen LogP contribution in [0.15, 0.2) is 22.8 Å². The van der Waals surface area contributed by atoms with Crippen LogP contribution >= 0.6 is 0 Å². The second-order valence-electron chi connectivity index (χ2n) is 4.77. The maximum atomic E-state index is 12.0. The average molecular weight is 222 g/mol. The number of rotatable bonds is 4. The lowest BCUT2D eigenvalue weighted by molar-refractivity contribution is -0.127. The number of nitrogens with one attached hydrogen (secondary N) is 1. The first-order valence-electron chi connectivity index (χ1n) is 5.65. The fourth-order valence-corrected chi connectivity index (χ4v) is 1.83. The van der Waals surface area contributed by atoms with Crippen molar-refractivity contribution >= 4 is 5.91 Å². The average Bonchev–Trinajstić information content (AvgIpc) is 2.95. The molecule has 4 nitrogen and oxygen atoms in total. The van der Waals surface area contributed by atoms with Crippen LogP contribution in [-0.4, -0.2) is 11.4 Å². The summed E-state index contributed by atoms with van der Waals surface area (Å²) in [6, 6.07) is 3.51. The summed E-state index contributed by atoms with van der Waals surface area (Å²) in [4.78, 5) is 12.0. The minimum Gasteiger partial charge on any atom is -0.467 e. The molecule has 0 radical (unpaired) electrons. The molecule has 0 aliphatic heterocycles. The molecule has 88 valence electrons. The topological polar surface area (TPSA) is 68.3 Å². The van der Waals surface area contributed by atoms with Gasteiger partial charge in [-0.15, -0.1) is 0 Å². The van der Waals surface area contributed by atoms with Crippen molar-refractivity contribution in [2.75, 3.05) is 0 Å². The van der Waals surface area contributed by atoms with Gasteiger partial charge in [-0.25, -0.2) is 0 Å². The highest BCUT2D eigenvalue weighted by Gasteiger charge is 2.44. The maximum absolute atomic E-state index is 12.0. The van der Waals surface area contributed by atoms with Gasteiger partial charge in [0.2, 0.25) is 5.91 Å². The van der Waals surface area contributed by atoms with Crippen LogP contribution < -0.4 is 11.1 Å². The third-order valence-electron chi connectivity index (χ3n) is 3.23. The van der Waals surface area contributed by atoms with Crippen molar-refractivity contribution in [3.63, 3.8) is 0 Å². The Labute approximate surface area is 95.2 Å². The molecule has 0 spiro atoms. The van der Waals surface area contributed by atoms with Gasteiger partial charge in [0.15, 0.2) is 0 Å². The van der Waals surface area contributed by atoms with Gasteiger partial charge < -0.3 is 15.5 Å². The lowest BCUT2D eigenvalue weighted by Crippen LogP contribution is -2.53. The fourth-order valence-electron chi connectivity index (χ4n) is 1.83. The van der Waals surface area contributed by atoms with Crippen molar-refractivity contribution in [3.05, 3.63) is 24.2 Å². The predicted octanol–water partition coefficient (Wildman–Crippen LogP) is 1.58. The van der Waals surface area contributed by atoms with Crippen molar-refractivity contribution in [3.8, 4) is 0 Å². The Hall–Kier alpha value is -1.29. The summed E-state index contributed by atoms with van der Waals surface area (Å²) in [6.07, 6.45) is 3.70. The van der Waals surface area contributed by atoms with E-state index in [1.807, 2.05) is 13.0 Å². The first-order chi connectivity index (χ1) is 7.51.